The van der Waals surface area contributed by atoms with E-state index >= 15 is 0 Å². The van der Waals surface area contributed by atoms with Crippen LogP contribution in [0.15, 0.2) is 48.5 Å². The zero-order valence-electron chi connectivity index (χ0n) is 21.1. The van der Waals surface area contributed by atoms with E-state index in [0.717, 1.165) is 18.2 Å². The third kappa shape index (κ3) is 5.36. The maximum Gasteiger partial charge on any atom is 0.339 e. The fraction of sp³-hybridized carbons (Fsp3) is 0.143. The van der Waals surface area contributed by atoms with Crippen LogP contribution in [0, 0.1) is 0 Å². The van der Waals surface area contributed by atoms with Crippen LogP contribution >= 0.6 is 0 Å². The lowest BCUT2D eigenvalue weighted by atomic mass is 9.82. The van der Waals surface area contributed by atoms with Crippen LogP contribution in [0.1, 0.15) is 76.0 Å². The van der Waals surface area contributed by atoms with Crippen molar-refractivity contribution in [1.82, 2.24) is 0 Å². The summed E-state index contributed by atoms with van der Waals surface area (Å²) in [5.41, 5.74) is -4.80. The van der Waals surface area contributed by atoms with Crippen molar-refractivity contribution in [3.8, 4) is 22.3 Å². The van der Waals surface area contributed by atoms with Gasteiger partial charge in [0.15, 0.2) is 0 Å². The Kier molecular flexibility index (Phi) is 8.64. The van der Waals surface area contributed by atoms with E-state index in [4.69, 9.17) is 9.47 Å². The van der Waals surface area contributed by atoms with Crippen LogP contribution < -0.4 is 0 Å². The van der Waals surface area contributed by atoms with Crippen LogP contribution in [-0.4, -0.2) is 69.5 Å². The Hall–Kier alpha value is -5.52. The molecule has 0 amide bonds. The third-order valence-electron chi connectivity index (χ3n) is 5.76. The molecule has 3 aromatic rings. The summed E-state index contributed by atoms with van der Waals surface area (Å²) in [6.07, 6.45) is 0. The smallest absolute Gasteiger partial charge is 0.339 e. The summed E-state index contributed by atoms with van der Waals surface area (Å²) in [7, 11) is 0. The third-order valence-corrected chi connectivity index (χ3v) is 5.76. The van der Waals surface area contributed by atoms with E-state index in [1.54, 1.807) is 0 Å². The van der Waals surface area contributed by atoms with Crippen molar-refractivity contribution < 1.29 is 58.7 Å². The Bertz CT molecular complexity index is 1570. The van der Waals surface area contributed by atoms with Crippen LogP contribution in [0.3, 0.4) is 0 Å². The van der Waals surface area contributed by atoms with Crippen molar-refractivity contribution in [2.75, 3.05) is 13.2 Å². The molecule has 0 heterocycles. The van der Waals surface area contributed by atoms with Crippen LogP contribution in [0.4, 0.5) is 0 Å². The highest BCUT2D eigenvalue weighted by molar-refractivity contribution is 6.16. The van der Waals surface area contributed by atoms with Crippen LogP contribution in [0.25, 0.3) is 22.3 Å². The Morgan fingerprint density at radius 3 is 1.48 bits per heavy atom. The predicted molar refractivity (Wildman–Crippen MR) is 137 cm³/mol. The molecule has 40 heavy (non-hydrogen) atoms. The van der Waals surface area contributed by atoms with Gasteiger partial charge in [0.1, 0.15) is 0 Å². The highest BCUT2D eigenvalue weighted by atomic mass is 16.5. The van der Waals surface area contributed by atoms with Gasteiger partial charge in [-0.05, 0) is 48.7 Å². The number of hydrogen-bond donors (Lipinski definition) is 4. The molecule has 0 aliphatic carbocycles. The number of carbonyl (C=O) groups is 6. The van der Waals surface area contributed by atoms with Gasteiger partial charge in [0.25, 0.3) is 0 Å². The SMILES string of the molecule is CCOC(=O)c1ccc(-c2cccc(C(=O)O)c2C(=O)O)c(-c2cccc(C(=O)O)c2C(=O)O)c1C(=O)OCC. The maximum absolute atomic E-state index is 13.3. The molecule has 0 saturated carbocycles. The van der Waals surface area contributed by atoms with E-state index < -0.39 is 63.6 Å². The van der Waals surface area contributed by atoms with Gasteiger partial charge in [0, 0.05) is 5.56 Å². The molecule has 0 aliphatic heterocycles. The van der Waals surface area contributed by atoms with Gasteiger partial charge >= 0.3 is 35.8 Å². The van der Waals surface area contributed by atoms with E-state index in [0.29, 0.717) is 0 Å². The van der Waals surface area contributed by atoms with Crippen molar-refractivity contribution in [3.05, 3.63) is 81.9 Å². The van der Waals surface area contributed by atoms with Crippen molar-refractivity contribution in [3.63, 3.8) is 0 Å². The van der Waals surface area contributed by atoms with Gasteiger partial charge in [-0.25, -0.2) is 28.8 Å². The Morgan fingerprint density at radius 1 is 0.525 bits per heavy atom. The molecule has 3 rings (SSSR count). The first-order valence-electron chi connectivity index (χ1n) is 11.7. The summed E-state index contributed by atoms with van der Waals surface area (Å²) >= 11 is 0. The fourth-order valence-electron chi connectivity index (χ4n) is 4.26. The van der Waals surface area contributed by atoms with Crippen LogP contribution in [0.2, 0.25) is 0 Å². The van der Waals surface area contributed by atoms with E-state index in [1.807, 2.05) is 0 Å². The minimum absolute atomic E-state index is 0.100. The van der Waals surface area contributed by atoms with Crippen molar-refractivity contribution in [2.24, 2.45) is 0 Å². The summed E-state index contributed by atoms with van der Waals surface area (Å²) in [6.45, 7) is 2.70. The lowest BCUT2D eigenvalue weighted by molar-refractivity contribution is 0.0479. The number of aromatic carboxylic acids is 4. The second-order valence-electron chi connectivity index (χ2n) is 8.03. The molecule has 3 aromatic carbocycles. The Balaban J connectivity index is 2.69. The molecule has 0 radical (unpaired) electrons. The molecular weight excluding hydrogens is 528 g/mol. The molecule has 0 atom stereocenters. The molecule has 12 heteroatoms. The normalized spacial score (nSPS) is 10.4. The molecule has 4 N–H and O–H groups in total. The minimum Gasteiger partial charge on any atom is -0.478 e. The van der Waals surface area contributed by atoms with Crippen LogP contribution in [0.5, 0.6) is 0 Å². The Labute approximate surface area is 226 Å². The standard InChI is InChI=1S/C28H22O12/c1-3-39-27(37)18-12-11-14(13-7-5-9-16(23(29)30)20(13)25(33)34)19(22(18)28(38)40-4-2)15-8-6-10-17(24(31)32)21(15)26(35)36/h5-12H,3-4H2,1-2H3,(H,29,30)(H,31,32)(H,33,34)(H,35,36). The zero-order chi connectivity index (χ0) is 29.7. The number of benzene rings is 3. The molecule has 0 bridgehead atoms. The topological polar surface area (TPSA) is 202 Å². The summed E-state index contributed by atoms with van der Waals surface area (Å²) in [5, 5.41) is 39.3. The second kappa shape index (κ2) is 11.9. The van der Waals surface area contributed by atoms with Gasteiger partial charge < -0.3 is 29.9 Å². The lowest BCUT2D eigenvalue weighted by Crippen LogP contribution is -2.18. The number of carbonyl (C=O) groups excluding carboxylic acids is 2. The number of carboxylic acids is 4. The van der Waals surface area contributed by atoms with E-state index in [2.05, 4.69) is 0 Å². The van der Waals surface area contributed by atoms with Gasteiger partial charge in [-0.15, -0.1) is 0 Å². The van der Waals surface area contributed by atoms with E-state index in [-0.39, 0.29) is 41.0 Å². The number of ether oxygens (including phenoxy) is 2. The molecular formula is C28H22O12. The largest absolute Gasteiger partial charge is 0.478 e. The summed E-state index contributed by atoms with van der Waals surface area (Å²) < 4.78 is 10.2. The molecule has 206 valence electrons. The number of carboxylic acid groups (broad SMARTS) is 4. The van der Waals surface area contributed by atoms with Gasteiger partial charge in [-0.3, -0.25) is 0 Å². The van der Waals surface area contributed by atoms with Crippen molar-refractivity contribution in [1.29, 1.82) is 0 Å². The molecule has 12 nitrogen and oxygen atoms in total. The molecule has 0 fully saturated rings. The summed E-state index contributed by atoms with van der Waals surface area (Å²) in [5.74, 6) is -8.65. The van der Waals surface area contributed by atoms with Gasteiger partial charge in [-0.2, -0.15) is 0 Å². The molecule has 0 aliphatic rings. The quantitative estimate of drug-likeness (QED) is 0.263. The fourth-order valence-corrected chi connectivity index (χ4v) is 4.26. The predicted octanol–water partition coefficient (Wildman–Crippen LogP) is 4.17. The highest BCUT2D eigenvalue weighted by Crippen LogP contribution is 2.42. The number of hydrogen-bond acceptors (Lipinski definition) is 8. The van der Waals surface area contributed by atoms with Crippen molar-refractivity contribution in [2.45, 2.75) is 13.8 Å². The maximum atomic E-state index is 13.3. The summed E-state index contributed by atoms with van der Waals surface area (Å²) in [6, 6.07) is 9.23. The first-order valence-corrected chi connectivity index (χ1v) is 11.7. The van der Waals surface area contributed by atoms with E-state index in [1.165, 1.54) is 44.2 Å². The average Bonchev–Trinajstić information content (AvgIpc) is 2.91. The molecule has 0 aromatic heterocycles. The lowest BCUT2D eigenvalue weighted by Gasteiger charge is -2.21. The molecule has 0 saturated heterocycles. The Morgan fingerprint density at radius 2 is 1.00 bits per heavy atom. The first-order chi connectivity index (χ1) is 19.0. The zero-order valence-corrected chi connectivity index (χ0v) is 21.1. The van der Waals surface area contributed by atoms with Gasteiger partial charge in [0.05, 0.1) is 46.6 Å². The van der Waals surface area contributed by atoms with Gasteiger partial charge in [-0.1, -0.05) is 30.3 Å². The molecule has 0 spiro atoms. The first kappa shape index (κ1) is 29.0. The van der Waals surface area contributed by atoms with Gasteiger partial charge in [0.2, 0.25) is 0 Å². The van der Waals surface area contributed by atoms with Crippen LogP contribution in [-0.2, 0) is 9.47 Å². The minimum atomic E-state index is -1.70. The second-order valence-corrected chi connectivity index (χ2v) is 8.03. The average molecular weight is 550 g/mol. The van der Waals surface area contributed by atoms with Crippen molar-refractivity contribution >= 4 is 35.8 Å². The monoisotopic (exact) mass is 550 g/mol. The number of esters is 2. The molecule has 0 unspecified atom stereocenters. The highest BCUT2D eigenvalue weighted by Gasteiger charge is 2.32. The number of rotatable bonds is 10. The summed E-state index contributed by atoms with van der Waals surface area (Å²) in [4.78, 5) is 74.7. The van der Waals surface area contributed by atoms with E-state index in [9.17, 15) is 49.2 Å².